The largest absolute Gasteiger partial charge is 0.497 e. The van der Waals surface area contributed by atoms with Crippen LogP contribution in [0.15, 0.2) is 59.8 Å². The second-order valence-corrected chi connectivity index (χ2v) is 8.28. The number of benzene rings is 1. The molecule has 3 aromatic heterocycles. The van der Waals surface area contributed by atoms with Gasteiger partial charge in [0.25, 0.3) is 5.56 Å². The van der Waals surface area contributed by atoms with Crippen LogP contribution in [0.4, 0.5) is 17.5 Å². The van der Waals surface area contributed by atoms with Gasteiger partial charge in [-0.05, 0) is 29.7 Å². The van der Waals surface area contributed by atoms with Crippen molar-refractivity contribution in [2.45, 2.75) is 6.54 Å². The van der Waals surface area contributed by atoms with Gasteiger partial charge in [-0.15, -0.1) is 0 Å². The first kappa shape index (κ1) is 22.8. The fourth-order valence-corrected chi connectivity index (χ4v) is 4.10. The highest BCUT2D eigenvalue weighted by atomic mass is 16.5. The normalized spacial score (nSPS) is 14.2. The summed E-state index contributed by atoms with van der Waals surface area (Å²) in [6.07, 6.45) is 5.08. The molecule has 5 rings (SSSR count). The molecule has 0 bridgehead atoms. The van der Waals surface area contributed by atoms with Crippen molar-refractivity contribution in [2.75, 3.05) is 51.0 Å². The van der Waals surface area contributed by atoms with Crippen molar-refractivity contribution >= 4 is 28.2 Å². The van der Waals surface area contributed by atoms with E-state index in [9.17, 15) is 4.79 Å². The zero-order valence-corrected chi connectivity index (χ0v) is 19.5. The predicted molar refractivity (Wildman–Crippen MR) is 135 cm³/mol. The maximum absolute atomic E-state index is 13.6. The molecule has 4 aromatic rings. The zero-order valence-electron chi connectivity index (χ0n) is 19.5. The highest BCUT2D eigenvalue weighted by Crippen LogP contribution is 2.28. The van der Waals surface area contributed by atoms with Crippen LogP contribution in [0.5, 0.6) is 5.75 Å². The van der Waals surface area contributed by atoms with Gasteiger partial charge in [0.1, 0.15) is 11.6 Å². The molecule has 0 unspecified atom stereocenters. The predicted octanol–water partition coefficient (Wildman–Crippen LogP) is 2.52. The number of nitrogen functional groups attached to an aromatic ring is 1. The lowest BCUT2D eigenvalue weighted by Gasteiger charge is -2.26. The van der Waals surface area contributed by atoms with Gasteiger partial charge >= 0.3 is 0 Å². The monoisotopic (exact) mass is 473 g/mol. The third-order valence-electron chi connectivity index (χ3n) is 6.02. The topological polar surface area (TPSA) is 120 Å². The number of pyridine rings is 2. The Morgan fingerprint density at radius 1 is 1.11 bits per heavy atom. The molecule has 0 saturated carbocycles. The van der Waals surface area contributed by atoms with E-state index in [4.69, 9.17) is 20.2 Å². The molecular weight excluding hydrogens is 446 g/mol. The van der Waals surface area contributed by atoms with Crippen LogP contribution in [0.1, 0.15) is 0 Å². The SMILES string of the molecule is COc1cccc(Nc2nc(-c3cnc(N)nc3)cc3ccn(CCN4CCOCC4)c(=O)c23)c1. The molecule has 35 heavy (non-hydrogen) atoms. The summed E-state index contributed by atoms with van der Waals surface area (Å²) >= 11 is 0. The Morgan fingerprint density at radius 3 is 2.69 bits per heavy atom. The standard InChI is InChI=1S/C25H27N7O3/c1-34-20-4-2-3-19(14-20)29-23-22-17(13-21(30-23)18-15-27-25(26)28-16-18)5-6-32(24(22)33)8-7-31-9-11-35-12-10-31/h2-6,13-16H,7-12H2,1H3,(H,29,30)(H2,26,27,28). The van der Waals surface area contributed by atoms with Crippen LogP contribution in [0, 0.1) is 0 Å². The molecule has 0 radical (unpaired) electrons. The number of hydrogen-bond acceptors (Lipinski definition) is 9. The molecular formula is C25H27N7O3. The Balaban J connectivity index is 1.56. The first-order valence-corrected chi connectivity index (χ1v) is 11.4. The molecule has 1 aromatic carbocycles. The third kappa shape index (κ3) is 5.08. The van der Waals surface area contributed by atoms with Gasteiger partial charge in [0, 0.05) is 62.1 Å². The summed E-state index contributed by atoms with van der Waals surface area (Å²) in [4.78, 5) is 28.9. The smallest absolute Gasteiger partial charge is 0.262 e. The molecule has 0 aliphatic carbocycles. The molecule has 1 saturated heterocycles. The van der Waals surface area contributed by atoms with Crippen LogP contribution in [0.2, 0.25) is 0 Å². The Morgan fingerprint density at radius 2 is 1.91 bits per heavy atom. The average molecular weight is 474 g/mol. The maximum atomic E-state index is 13.6. The zero-order chi connectivity index (χ0) is 24.2. The Kier molecular flexibility index (Phi) is 6.55. The number of nitrogens with zero attached hydrogens (tertiary/aromatic N) is 5. The van der Waals surface area contributed by atoms with E-state index >= 15 is 0 Å². The first-order chi connectivity index (χ1) is 17.1. The second-order valence-electron chi connectivity index (χ2n) is 8.28. The number of fused-ring (bicyclic) bond motifs is 1. The summed E-state index contributed by atoms with van der Waals surface area (Å²) in [5.74, 6) is 1.34. The van der Waals surface area contributed by atoms with Gasteiger partial charge in [-0.3, -0.25) is 9.69 Å². The van der Waals surface area contributed by atoms with Gasteiger partial charge < -0.3 is 25.1 Å². The van der Waals surface area contributed by atoms with Gasteiger partial charge in [-0.2, -0.15) is 0 Å². The minimum absolute atomic E-state index is 0.103. The number of nitrogens with one attached hydrogen (secondary N) is 1. The van der Waals surface area contributed by atoms with Crippen LogP contribution in [0.25, 0.3) is 22.0 Å². The number of aromatic nitrogens is 4. The van der Waals surface area contributed by atoms with Gasteiger partial charge in [-0.25, -0.2) is 15.0 Å². The van der Waals surface area contributed by atoms with Gasteiger partial charge in [0.15, 0.2) is 0 Å². The summed E-state index contributed by atoms with van der Waals surface area (Å²) in [6.45, 7) is 4.56. The fourth-order valence-electron chi connectivity index (χ4n) is 4.10. The number of nitrogens with two attached hydrogens (primary N) is 1. The number of hydrogen-bond donors (Lipinski definition) is 2. The highest BCUT2D eigenvalue weighted by molar-refractivity contribution is 5.95. The molecule has 0 spiro atoms. The number of methoxy groups -OCH3 is 1. The Bertz CT molecular complexity index is 1380. The lowest BCUT2D eigenvalue weighted by Crippen LogP contribution is -2.39. The Labute approximate surface area is 202 Å². The van der Waals surface area contributed by atoms with Crippen LogP contribution in [-0.2, 0) is 11.3 Å². The summed E-state index contributed by atoms with van der Waals surface area (Å²) in [5.41, 5.74) is 7.64. The second kappa shape index (κ2) is 10.1. The summed E-state index contributed by atoms with van der Waals surface area (Å²) in [5, 5.41) is 4.60. The third-order valence-corrected chi connectivity index (χ3v) is 6.02. The molecule has 10 heteroatoms. The van der Waals surface area contributed by atoms with E-state index in [0.29, 0.717) is 34.8 Å². The lowest BCUT2D eigenvalue weighted by molar-refractivity contribution is 0.0363. The molecule has 3 N–H and O–H groups in total. The van der Waals surface area contributed by atoms with Crippen molar-refractivity contribution in [3.05, 3.63) is 65.3 Å². The molecule has 0 atom stereocenters. The van der Waals surface area contributed by atoms with Crippen LogP contribution in [-0.4, -0.2) is 64.4 Å². The van der Waals surface area contributed by atoms with Gasteiger partial charge in [-0.1, -0.05) is 6.07 Å². The molecule has 0 amide bonds. The van der Waals surface area contributed by atoms with E-state index in [1.807, 2.05) is 42.6 Å². The first-order valence-electron chi connectivity index (χ1n) is 11.4. The number of anilines is 3. The lowest BCUT2D eigenvalue weighted by atomic mass is 10.1. The summed E-state index contributed by atoms with van der Waals surface area (Å²) < 4.78 is 12.5. The van der Waals surface area contributed by atoms with E-state index in [0.717, 1.165) is 43.9 Å². The quantitative estimate of drug-likeness (QED) is 0.417. The molecule has 1 fully saturated rings. The van der Waals surface area contributed by atoms with Crippen molar-refractivity contribution in [3.63, 3.8) is 0 Å². The molecule has 10 nitrogen and oxygen atoms in total. The van der Waals surface area contributed by atoms with E-state index in [1.54, 1.807) is 24.1 Å². The van der Waals surface area contributed by atoms with Crippen molar-refractivity contribution in [2.24, 2.45) is 0 Å². The van der Waals surface area contributed by atoms with E-state index in [2.05, 4.69) is 20.2 Å². The summed E-state index contributed by atoms with van der Waals surface area (Å²) in [6, 6.07) is 11.3. The molecule has 1 aliphatic rings. The van der Waals surface area contributed by atoms with E-state index in [1.165, 1.54) is 0 Å². The molecule has 4 heterocycles. The Hall–Kier alpha value is -4.02. The van der Waals surface area contributed by atoms with Crippen LogP contribution in [0.3, 0.4) is 0 Å². The van der Waals surface area contributed by atoms with E-state index in [-0.39, 0.29) is 11.5 Å². The van der Waals surface area contributed by atoms with Crippen molar-refractivity contribution in [3.8, 4) is 17.0 Å². The summed E-state index contributed by atoms with van der Waals surface area (Å²) in [7, 11) is 1.61. The minimum Gasteiger partial charge on any atom is -0.497 e. The van der Waals surface area contributed by atoms with Crippen molar-refractivity contribution < 1.29 is 9.47 Å². The highest BCUT2D eigenvalue weighted by Gasteiger charge is 2.15. The molecule has 180 valence electrons. The van der Waals surface area contributed by atoms with Gasteiger partial charge in [0.2, 0.25) is 5.95 Å². The number of rotatable bonds is 7. The van der Waals surface area contributed by atoms with E-state index < -0.39 is 0 Å². The van der Waals surface area contributed by atoms with Crippen LogP contribution < -0.4 is 21.3 Å². The van der Waals surface area contributed by atoms with Crippen molar-refractivity contribution in [1.29, 1.82) is 0 Å². The van der Waals surface area contributed by atoms with Gasteiger partial charge in [0.05, 0.1) is 31.4 Å². The average Bonchev–Trinajstić information content (AvgIpc) is 2.89. The fraction of sp³-hybridized carbons (Fsp3) is 0.280. The van der Waals surface area contributed by atoms with Crippen LogP contribution >= 0.6 is 0 Å². The molecule has 1 aliphatic heterocycles. The minimum atomic E-state index is -0.103. The number of morpholine rings is 1. The number of ether oxygens (including phenoxy) is 2. The maximum Gasteiger partial charge on any atom is 0.262 e. The van der Waals surface area contributed by atoms with Crippen molar-refractivity contribution in [1.82, 2.24) is 24.4 Å².